The number of nitrogens with one attached hydrogen (secondary N) is 1. The molecule has 1 aliphatic heterocycles. The second-order valence-corrected chi connectivity index (χ2v) is 5.40. The Morgan fingerprint density at radius 3 is 2.42 bits per heavy atom. The van der Waals surface area contributed by atoms with E-state index in [2.05, 4.69) is 17.1 Å². The largest absolute Gasteiger partial charge is 0.481 e. The lowest BCUT2D eigenvalue weighted by Crippen LogP contribution is -2.46. The minimum Gasteiger partial charge on any atom is -0.481 e. The van der Waals surface area contributed by atoms with Gasteiger partial charge in [-0.1, -0.05) is 6.92 Å². The average molecular weight is 271 g/mol. The maximum Gasteiger partial charge on any atom is 0.317 e. The molecule has 0 spiro atoms. The highest BCUT2D eigenvalue weighted by atomic mass is 16.4. The molecule has 1 aliphatic rings. The second-order valence-electron chi connectivity index (χ2n) is 5.40. The Hall–Kier alpha value is -1.30. The molecule has 1 heterocycles. The summed E-state index contributed by atoms with van der Waals surface area (Å²) in [6.07, 6.45) is 2.46. The van der Waals surface area contributed by atoms with Crippen LogP contribution in [0.2, 0.25) is 0 Å². The molecule has 2 N–H and O–H groups in total. The molecule has 1 rings (SSSR count). The fourth-order valence-corrected chi connectivity index (χ4v) is 2.25. The van der Waals surface area contributed by atoms with Gasteiger partial charge in [0, 0.05) is 26.2 Å². The molecule has 6 heteroatoms. The van der Waals surface area contributed by atoms with Crippen molar-refractivity contribution in [3.63, 3.8) is 0 Å². The standard InChI is InChI=1S/C13H25N3O3/c1-10(12(17)18)9-15(3)13(19)14-8-11(2)16-6-4-5-7-16/h10-11H,4-9H2,1-3H3,(H,14,19)(H,17,18). The zero-order valence-corrected chi connectivity index (χ0v) is 12.1. The van der Waals surface area contributed by atoms with E-state index in [4.69, 9.17) is 5.11 Å². The summed E-state index contributed by atoms with van der Waals surface area (Å²) in [6.45, 7) is 6.72. The van der Waals surface area contributed by atoms with E-state index >= 15 is 0 Å². The molecule has 6 nitrogen and oxygen atoms in total. The van der Waals surface area contributed by atoms with Gasteiger partial charge in [0.15, 0.2) is 0 Å². The highest BCUT2D eigenvalue weighted by Gasteiger charge is 2.20. The highest BCUT2D eigenvalue weighted by Crippen LogP contribution is 2.10. The molecule has 2 atom stereocenters. The van der Waals surface area contributed by atoms with Crippen LogP contribution in [0.15, 0.2) is 0 Å². The fraction of sp³-hybridized carbons (Fsp3) is 0.846. The number of likely N-dealkylation sites (tertiary alicyclic amines) is 1. The van der Waals surface area contributed by atoms with Crippen molar-refractivity contribution in [3.05, 3.63) is 0 Å². The zero-order chi connectivity index (χ0) is 14.4. The predicted molar refractivity (Wildman–Crippen MR) is 73.1 cm³/mol. The van der Waals surface area contributed by atoms with Gasteiger partial charge < -0.3 is 15.3 Å². The summed E-state index contributed by atoms with van der Waals surface area (Å²) in [5.74, 6) is -1.43. The number of urea groups is 1. The molecule has 0 aromatic carbocycles. The number of nitrogens with zero attached hydrogens (tertiary/aromatic N) is 2. The first kappa shape index (κ1) is 15.8. The topological polar surface area (TPSA) is 72.9 Å². The van der Waals surface area contributed by atoms with Gasteiger partial charge in [0.1, 0.15) is 0 Å². The van der Waals surface area contributed by atoms with Crippen LogP contribution in [0.4, 0.5) is 4.79 Å². The Morgan fingerprint density at radius 1 is 1.32 bits per heavy atom. The van der Waals surface area contributed by atoms with Gasteiger partial charge in [0.05, 0.1) is 5.92 Å². The van der Waals surface area contributed by atoms with Gasteiger partial charge in [-0.25, -0.2) is 4.79 Å². The molecule has 1 saturated heterocycles. The van der Waals surface area contributed by atoms with E-state index in [1.807, 2.05) is 0 Å². The molecule has 19 heavy (non-hydrogen) atoms. The summed E-state index contributed by atoms with van der Waals surface area (Å²) < 4.78 is 0. The molecule has 0 aromatic rings. The van der Waals surface area contributed by atoms with Gasteiger partial charge in [-0.05, 0) is 32.9 Å². The average Bonchev–Trinajstić information content (AvgIpc) is 2.88. The molecule has 0 aliphatic carbocycles. The van der Waals surface area contributed by atoms with Crippen LogP contribution in [-0.4, -0.2) is 66.2 Å². The quantitative estimate of drug-likeness (QED) is 0.750. The maximum absolute atomic E-state index is 11.8. The molecule has 1 fully saturated rings. The molecule has 110 valence electrons. The summed E-state index contributed by atoms with van der Waals surface area (Å²) in [6, 6.07) is 0.121. The normalized spacial score (nSPS) is 18.9. The lowest BCUT2D eigenvalue weighted by Gasteiger charge is -2.26. The number of amides is 2. The van der Waals surface area contributed by atoms with Crippen LogP contribution in [-0.2, 0) is 4.79 Å². The van der Waals surface area contributed by atoms with E-state index in [0.29, 0.717) is 12.6 Å². The number of carboxylic acids is 1. The molecule has 2 unspecified atom stereocenters. The first-order valence-corrected chi connectivity index (χ1v) is 6.87. The Labute approximate surface area is 114 Å². The summed E-state index contributed by atoms with van der Waals surface area (Å²) in [5.41, 5.74) is 0. The molecular weight excluding hydrogens is 246 g/mol. The molecule has 2 amide bonds. The SMILES string of the molecule is CC(CN(C)C(=O)NCC(C)N1CCCC1)C(=O)O. The van der Waals surface area contributed by atoms with E-state index in [1.54, 1.807) is 14.0 Å². The maximum atomic E-state index is 11.8. The van der Waals surface area contributed by atoms with E-state index in [-0.39, 0.29) is 12.6 Å². The third-order valence-corrected chi connectivity index (χ3v) is 3.63. The van der Waals surface area contributed by atoms with Crippen LogP contribution in [0.1, 0.15) is 26.7 Å². The lowest BCUT2D eigenvalue weighted by atomic mass is 10.2. The number of carboxylic acid groups (broad SMARTS) is 1. The molecular formula is C13H25N3O3. The van der Waals surface area contributed by atoms with Crippen molar-refractivity contribution in [1.29, 1.82) is 0 Å². The second kappa shape index (κ2) is 7.33. The van der Waals surface area contributed by atoms with Gasteiger partial charge in [0.2, 0.25) is 0 Å². The van der Waals surface area contributed by atoms with Crippen LogP contribution in [0.25, 0.3) is 0 Å². The Kier molecular flexibility index (Phi) is 6.08. The predicted octanol–water partition coefficient (Wildman–Crippen LogP) is 0.833. The number of aliphatic carboxylic acids is 1. The van der Waals surface area contributed by atoms with Crippen molar-refractivity contribution in [3.8, 4) is 0 Å². The van der Waals surface area contributed by atoms with E-state index in [1.165, 1.54) is 17.7 Å². The first-order valence-electron chi connectivity index (χ1n) is 6.87. The number of carbonyl (C=O) groups excluding carboxylic acids is 1. The highest BCUT2D eigenvalue weighted by molar-refractivity contribution is 5.75. The van der Waals surface area contributed by atoms with Crippen LogP contribution in [0.5, 0.6) is 0 Å². The number of rotatable bonds is 6. The molecule has 0 saturated carbocycles. The number of hydrogen-bond acceptors (Lipinski definition) is 3. The van der Waals surface area contributed by atoms with Crippen molar-refractivity contribution in [2.45, 2.75) is 32.7 Å². The van der Waals surface area contributed by atoms with Crippen molar-refractivity contribution in [1.82, 2.24) is 15.1 Å². The molecule has 0 bridgehead atoms. The minimum atomic E-state index is -0.884. The fourth-order valence-electron chi connectivity index (χ4n) is 2.25. The smallest absolute Gasteiger partial charge is 0.317 e. The molecule has 0 aromatic heterocycles. The summed E-state index contributed by atoms with van der Waals surface area (Å²) in [7, 11) is 1.62. The van der Waals surface area contributed by atoms with Gasteiger partial charge >= 0.3 is 12.0 Å². The lowest BCUT2D eigenvalue weighted by molar-refractivity contribution is -0.141. The third kappa shape index (κ3) is 5.06. The minimum absolute atomic E-state index is 0.209. The van der Waals surface area contributed by atoms with Crippen molar-refractivity contribution >= 4 is 12.0 Å². The van der Waals surface area contributed by atoms with Gasteiger partial charge in [0.25, 0.3) is 0 Å². The van der Waals surface area contributed by atoms with Crippen molar-refractivity contribution in [2.24, 2.45) is 5.92 Å². The van der Waals surface area contributed by atoms with Gasteiger partial charge in [-0.15, -0.1) is 0 Å². The number of hydrogen-bond donors (Lipinski definition) is 2. The summed E-state index contributed by atoms with van der Waals surface area (Å²) in [5, 5.41) is 11.7. The zero-order valence-electron chi connectivity index (χ0n) is 12.1. The van der Waals surface area contributed by atoms with E-state index < -0.39 is 11.9 Å². The van der Waals surface area contributed by atoms with E-state index in [9.17, 15) is 9.59 Å². The number of carbonyl (C=O) groups is 2. The summed E-state index contributed by atoms with van der Waals surface area (Å²) in [4.78, 5) is 26.3. The van der Waals surface area contributed by atoms with E-state index in [0.717, 1.165) is 13.1 Å². The van der Waals surface area contributed by atoms with Gasteiger partial charge in [-0.3, -0.25) is 9.69 Å². The first-order chi connectivity index (χ1) is 8.91. The van der Waals surface area contributed by atoms with Crippen LogP contribution in [0, 0.1) is 5.92 Å². The van der Waals surface area contributed by atoms with Crippen LogP contribution in [0.3, 0.4) is 0 Å². The van der Waals surface area contributed by atoms with Gasteiger partial charge in [-0.2, -0.15) is 0 Å². The molecule has 0 radical (unpaired) electrons. The third-order valence-electron chi connectivity index (χ3n) is 3.63. The van der Waals surface area contributed by atoms with Crippen molar-refractivity contribution in [2.75, 3.05) is 33.2 Å². The van der Waals surface area contributed by atoms with Crippen LogP contribution >= 0.6 is 0 Å². The summed E-state index contributed by atoms with van der Waals surface area (Å²) >= 11 is 0. The van der Waals surface area contributed by atoms with Crippen LogP contribution < -0.4 is 5.32 Å². The Bertz CT molecular complexity index is 316. The Morgan fingerprint density at radius 2 is 1.89 bits per heavy atom. The Balaban J connectivity index is 2.27. The monoisotopic (exact) mass is 271 g/mol. The van der Waals surface area contributed by atoms with Crippen molar-refractivity contribution < 1.29 is 14.7 Å².